The number of rotatable bonds is 8. The Labute approximate surface area is 130 Å². The quantitative estimate of drug-likeness (QED) is 0.789. The Hall–Kier alpha value is -1.22. The van der Waals surface area contributed by atoms with E-state index in [-0.39, 0.29) is 5.54 Å². The van der Waals surface area contributed by atoms with Gasteiger partial charge in [-0.25, -0.2) is 0 Å². The predicted octanol–water partition coefficient (Wildman–Crippen LogP) is 3.92. The summed E-state index contributed by atoms with van der Waals surface area (Å²) in [4.78, 5) is 2.36. The maximum absolute atomic E-state index is 6.24. The van der Waals surface area contributed by atoms with Crippen LogP contribution in [0.2, 0.25) is 0 Å². The summed E-state index contributed by atoms with van der Waals surface area (Å²) in [6.07, 6.45) is 2.19. The van der Waals surface area contributed by atoms with Gasteiger partial charge in [0, 0.05) is 25.3 Å². The van der Waals surface area contributed by atoms with Crippen molar-refractivity contribution in [1.82, 2.24) is 0 Å². The zero-order valence-corrected chi connectivity index (χ0v) is 14.5. The molecule has 1 rings (SSSR count). The maximum atomic E-state index is 6.24. The smallest absolute Gasteiger partial charge is 0.120 e. The summed E-state index contributed by atoms with van der Waals surface area (Å²) in [6.45, 7) is 9.74. The highest BCUT2D eigenvalue weighted by molar-refractivity contribution is 5.52. The fourth-order valence-corrected chi connectivity index (χ4v) is 3.27. The van der Waals surface area contributed by atoms with E-state index in [1.807, 2.05) is 12.1 Å². The molecule has 0 heterocycles. The van der Waals surface area contributed by atoms with Gasteiger partial charge in [0.2, 0.25) is 0 Å². The summed E-state index contributed by atoms with van der Waals surface area (Å²) in [5, 5.41) is 0. The molecule has 0 atom stereocenters. The Balaban J connectivity index is 3.15. The second kappa shape index (κ2) is 7.69. The van der Waals surface area contributed by atoms with Gasteiger partial charge in [-0.3, -0.25) is 0 Å². The Kier molecular flexibility index (Phi) is 6.53. The fraction of sp³-hybridized carbons (Fsp3) is 0.667. The van der Waals surface area contributed by atoms with Crippen LogP contribution in [0.4, 0.5) is 5.69 Å². The van der Waals surface area contributed by atoms with E-state index in [0.29, 0.717) is 18.4 Å². The van der Waals surface area contributed by atoms with E-state index in [0.717, 1.165) is 18.6 Å². The number of likely N-dealkylation sites (N-methyl/N-ethyl adjacent to an activating group) is 1. The van der Waals surface area contributed by atoms with Crippen molar-refractivity contribution in [3.05, 3.63) is 24.3 Å². The van der Waals surface area contributed by atoms with Gasteiger partial charge in [0.15, 0.2) is 0 Å². The molecule has 0 spiro atoms. The van der Waals surface area contributed by atoms with Crippen molar-refractivity contribution in [2.24, 2.45) is 17.6 Å². The van der Waals surface area contributed by atoms with Gasteiger partial charge in [0.1, 0.15) is 5.75 Å². The number of hydrogen-bond acceptors (Lipinski definition) is 3. The lowest BCUT2D eigenvalue weighted by Crippen LogP contribution is -2.54. The zero-order valence-electron chi connectivity index (χ0n) is 14.5. The number of ether oxygens (including phenoxy) is 1. The Bertz CT molecular complexity index is 419. The van der Waals surface area contributed by atoms with Crippen molar-refractivity contribution in [3.63, 3.8) is 0 Å². The lowest BCUT2D eigenvalue weighted by molar-refractivity contribution is 0.280. The minimum atomic E-state index is -0.00526. The third-order valence-corrected chi connectivity index (χ3v) is 4.11. The van der Waals surface area contributed by atoms with Crippen molar-refractivity contribution in [2.75, 3.05) is 25.6 Å². The van der Waals surface area contributed by atoms with Gasteiger partial charge in [-0.05, 0) is 36.8 Å². The molecular formula is C18H32N2O. The molecule has 0 saturated carbocycles. The Morgan fingerprint density at radius 1 is 1.14 bits per heavy atom. The van der Waals surface area contributed by atoms with Crippen molar-refractivity contribution in [2.45, 2.75) is 46.1 Å². The summed E-state index contributed by atoms with van der Waals surface area (Å²) >= 11 is 0. The molecule has 0 radical (unpaired) electrons. The van der Waals surface area contributed by atoms with E-state index in [1.165, 1.54) is 5.69 Å². The van der Waals surface area contributed by atoms with Crippen molar-refractivity contribution >= 4 is 5.69 Å². The molecule has 0 amide bonds. The number of benzene rings is 1. The molecule has 3 heteroatoms. The first-order valence-electron chi connectivity index (χ1n) is 7.92. The van der Waals surface area contributed by atoms with E-state index in [4.69, 9.17) is 10.5 Å². The molecule has 0 unspecified atom stereocenters. The first-order valence-corrected chi connectivity index (χ1v) is 7.92. The Morgan fingerprint density at radius 2 is 1.71 bits per heavy atom. The van der Waals surface area contributed by atoms with E-state index in [1.54, 1.807) is 7.11 Å². The normalized spacial score (nSPS) is 12.0. The van der Waals surface area contributed by atoms with Crippen LogP contribution in [0.1, 0.15) is 40.5 Å². The summed E-state index contributed by atoms with van der Waals surface area (Å²) in [5.74, 6) is 2.11. The van der Waals surface area contributed by atoms with Gasteiger partial charge >= 0.3 is 0 Å². The van der Waals surface area contributed by atoms with E-state index in [2.05, 4.69) is 51.8 Å². The SMILES string of the molecule is COc1cccc(N(C)C(CN)(CC(C)C)CC(C)C)c1. The molecule has 2 N–H and O–H groups in total. The molecule has 1 aromatic rings. The molecule has 0 aliphatic rings. The summed E-state index contributed by atoms with van der Waals surface area (Å²) in [7, 11) is 3.87. The van der Waals surface area contributed by atoms with Gasteiger partial charge in [-0.2, -0.15) is 0 Å². The van der Waals surface area contributed by atoms with Gasteiger partial charge in [-0.15, -0.1) is 0 Å². The first kappa shape index (κ1) is 17.8. The number of nitrogens with zero attached hydrogens (tertiary/aromatic N) is 1. The molecule has 120 valence electrons. The molecule has 0 aromatic heterocycles. The number of anilines is 1. The first-order chi connectivity index (χ1) is 9.84. The highest BCUT2D eigenvalue weighted by Crippen LogP contribution is 2.34. The van der Waals surface area contributed by atoms with Gasteiger partial charge in [0.05, 0.1) is 12.6 Å². The lowest BCUT2D eigenvalue weighted by atomic mass is 9.80. The highest BCUT2D eigenvalue weighted by atomic mass is 16.5. The molecular weight excluding hydrogens is 260 g/mol. The second-order valence-corrected chi connectivity index (χ2v) is 6.88. The molecule has 21 heavy (non-hydrogen) atoms. The fourth-order valence-electron chi connectivity index (χ4n) is 3.27. The molecule has 0 fully saturated rings. The highest BCUT2D eigenvalue weighted by Gasteiger charge is 2.35. The third-order valence-electron chi connectivity index (χ3n) is 4.11. The van der Waals surface area contributed by atoms with Crippen LogP contribution in [-0.2, 0) is 0 Å². The van der Waals surface area contributed by atoms with Crippen LogP contribution >= 0.6 is 0 Å². The third kappa shape index (κ3) is 4.63. The summed E-state index contributed by atoms with van der Waals surface area (Å²) < 4.78 is 5.36. The van der Waals surface area contributed by atoms with Crippen LogP contribution in [-0.4, -0.2) is 26.2 Å². The maximum Gasteiger partial charge on any atom is 0.120 e. The number of nitrogens with two attached hydrogens (primary N) is 1. The minimum Gasteiger partial charge on any atom is -0.497 e. The number of hydrogen-bond donors (Lipinski definition) is 1. The van der Waals surface area contributed by atoms with Crippen LogP contribution in [0.5, 0.6) is 5.75 Å². The van der Waals surface area contributed by atoms with Crippen molar-refractivity contribution in [1.29, 1.82) is 0 Å². The predicted molar refractivity (Wildman–Crippen MR) is 92.1 cm³/mol. The summed E-state index contributed by atoms with van der Waals surface area (Å²) in [5.41, 5.74) is 7.40. The van der Waals surface area contributed by atoms with Crippen molar-refractivity contribution in [3.8, 4) is 5.75 Å². The van der Waals surface area contributed by atoms with E-state index >= 15 is 0 Å². The van der Waals surface area contributed by atoms with Crippen molar-refractivity contribution < 1.29 is 4.74 Å². The van der Waals surface area contributed by atoms with Crippen LogP contribution in [0.3, 0.4) is 0 Å². The van der Waals surface area contributed by atoms with Gasteiger partial charge < -0.3 is 15.4 Å². The lowest BCUT2D eigenvalue weighted by Gasteiger charge is -2.45. The van der Waals surface area contributed by atoms with Crippen LogP contribution < -0.4 is 15.4 Å². The van der Waals surface area contributed by atoms with Gasteiger partial charge in [-0.1, -0.05) is 33.8 Å². The van der Waals surface area contributed by atoms with Crippen LogP contribution in [0.25, 0.3) is 0 Å². The topological polar surface area (TPSA) is 38.5 Å². The van der Waals surface area contributed by atoms with E-state index in [9.17, 15) is 0 Å². The monoisotopic (exact) mass is 292 g/mol. The zero-order chi connectivity index (χ0) is 16.0. The second-order valence-electron chi connectivity index (χ2n) is 6.88. The molecule has 1 aromatic carbocycles. The van der Waals surface area contributed by atoms with E-state index < -0.39 is 0 Å². The molecule has 0 aliphatic heterocycles. The average Bonchev–Trinajstić information content (AvgIpc) is 2.44. The molecule has 0 saturated heterocycles. The summed E-state index contributed by atoms with van der Waals surface area (Å²) in [6, 6.07) is 8.24. The average molecular weight is 292 g/mol. The van der Waals surface area contributed by atoms with Crippen LogP contribution in [0, 0.1) is 11.8 Å². The number of methoxy groups -OCH3 is 1. The largest absolute Gasteiger partial charge is 0.497 e. The van der Waals surface area contributed by atoms with Gasteiger partial charge in [0.25, 0.3) is 0 Å². The molecule has 0 bridgehead atoms. The minimum absolute atomic E-state index is 0.00526. The molecule has 3 nitrogen and oxygen atoms in total. The van der Waals surface area contributed by atoms with Crippen LogP contribution in [0.15, 0.2) is 24.3 Å². The standard InChI is InChI=1S/C18H32N2O/c1-14(2)11-18(13-19,12-15(3)4)20(5)16-8-7-9-17(10-16)21-6/h7-10,14-15H,11-13,19H2,1-6H3. The molecule has 0 aliphatic carbocycles. The Morgan fingerprint density at radius 3 is 2.14 bits per heavy atom.